The lowest BCUT2D eigenvalue weighted by Gasteiger charge is -2.01. The van der Waals surface area contributed by atoms with Crippen LogP contribution in [0.3, 0.4) is 0 Å². The molecule has 3 rings (SSSR count). The molecule has 0 bridgehead atoms. The number of fused-ring (bicyclic) bond motifs is 1. The molecule has 2 aromatic rings. The SMILES string of the molecule is Cn1c(O)c(/C=C2/C=Nc3ccc(Br)cc32)n(C)c1=O. The van der Waals surface area contributed by atoms with E-state index in [1.807, 2.05) is 18.2 Å². The number of halogens is 1. The zero-order valence-electron chi connectivity index (χ0n) is 11.0. The zero-order valence-corrected chi connectivity index (χ0v) is 12.5. The molecule has 102 valence electrons. The molecule has 6 heteroatoms. The fourth-order valence-corrected chi connectivity index (χ4v) is 2.59. The van der Waals surface area contributed by atoms with Gasteiger partial charge in [-0.05, 0) is 24.3 Å². The first-order chi connectivity index (χ1) is 9.49. The van der Waals surface area contributed by atoms with Crippen LogP contribution in [0, 0.1) is 0 Å². The number of allylic oxidation sites excluding steroid dienone is 1. The minimum Gasteiger partial charge on any atom is -0.493 e. The number of aromatic hydroxyl groups is 1. The number of rotatable bonds is 1. The molecule has 0 atom stereocenters. The Morgan fingerprint density at radius 2 is 2.05 bits per heavy atom. The maximum absolute atomic E-state index is 11.8. The van der Waals surface area contributed by atoms with Crippen LogP contribution in [-0.2, 0) is 14.1 Å². The molecule has 20 heavy (non-hydrogen) atoms. The Morgan fingerprint density at radius 1 is 1.30 bits per heavy atom. The summed E-state index contributed by atoms with van der Waals surface area (Å²) in [5.41, 5.74) is 2.90. The number of hydrogen-bond acceptors (Lipinski definition) is 3. The van der Waals surface area contributed by atoms with E-state index in [0.29, 0.717) is 5.69 Å². The van der Waals surface area contributed by atoms with Gasteiger partial charge < -0.3 is 5.11 Å². The number of aromatic nitrogens is 2. The van der Waals surface area contributed by atoms with Gasteiger partial charge in [-0.15, -0.1) is 0 Å². The van der Waals surface area contributed by atoms with E-state index in [0.717, 1.165) is 21.3 Å². The van der Waals surface area contributed by atoms with Gasteiger partial charge in [-0.2, -0.15) is 0 Å². The van der Waals surface area contributed by atoms with Crippen LogP contribution in [0.4, 0.5) is 5.69 Å². The molecule has 0 amide bonds. The van der Waals surface area contributed by atoms with Crippen molar-refractivity contribution in [2.75, 3.05) is 0 Å². The van der Waals surface area contributed by atoms with E-state index in [1.54, 1.807) is 19.3 Å². The summed E-state index contributed by atoms with van der Waals surface area (Å²) in [5.74, 6) is -0.0538. The Morgan fingerprint density at radius 3 is 2.70 bits per heavy atom. The van der Waals surface area contributed by atoms with E-state index in [9.17, 15) is 9.90 Å². The molecule has 0 saturated carbocycles. The Labute approximate surface area is 123 Å². The monoisotopic (exact) mass is 333 g/mol. The number of benzene rings is 1. The molecule has 1 N–H and O–H groups in total. The summed E-state index contributed by atoms with van der Waals surface area (Å²) in [6.45, 7) is 0. The third-order valence-corrected chi connectivity index (χ3v) is 3.88. The third-order valence-electron chi connectivity index (χ3n) is 3.39. The highest BCUT2D eigenvalue weighted by atomic mass is 79.9. The molecule has 1 aliphatic rings. The molecule has 5 nitrogen and oxygen atoms in total. The van der Waals surface area contributed by atoms with Gasteiger partial charge in [0, 0.05) is 35.9 Å². The van der Waals surface area contributed by atoms with Gasteiger partial charge in [0.15, 0.2) is 0 Å². The second kappa shape index (κ2) is 4.49. The summed E-state index contributed by atoms with van der Waals surface area (Å²) in [5, 5.41) is 10.0. The van der Waals surface area contributed by atoms with Gasteiger partial charge in [0.1, 0.15) is 5.69 Å². The van der Waals surface area contributed by atoms with E-state index in [4.69, 9.17) is 0 Å². The van der Waals surface area contributed by atoms with E-state index in [-0.39, 0.29) is 11.6 Å². The molecule has 1 aliphatic heterocycles. The molecular weight excluding hydrogens is 322 g/mol. The van der Waals surface area contributed by atoms with Crippen LogP contribution in [0.5, 0.6) is 5.88 Å². The zero-order chi connectivity index (χ0) is 14.4. The molecule has 0 unspecified atom stereocenters. The molecule has 1 aromatic heterocycles. The van der Waals surface area contributed by atoms with E-state index in [2.05, 4.69) is 20.9 Å². The average molecular weight is 334 g/mol. The molecule has 0 radical (unpaired) electrons. The molecule has 0 aliphatic carbocycles. The van der Waals surface area contributed by atoms with Gasteiger partial charge in [-0.1, -0.05) is 15.9 Å². The van der Waals surface area contributed by atoms with Crippen LogP contribution >= 0.6 is 15.9 Å². The standard InChI is InChI=1S/C14H12BrN3O2/c1-17-12(13(19)18(2)14(17)20)5-8-7-16-11-4-3-9(15)6-10(8)11/h3-7,19H,1-2H3/b8-5-. The molecule has 0 fully saturated rings. The first-order valence-electron chi connectivity index (χ1n) is 5.99. The maximum Gasteiger partial charge on any atom is 0.330 e. The van der Waals surface area contributed by atoms with E-state index < -0.39 is 0 Å². The van der Waals surface area contributed by atoms with Gasteiger partial charge in [-0.25, -0.2) is 4.79 Å². The molecule has 2 heterocycles. The summed E-state index contributed by atoms with van der Waals surface area (Å²) >= 11 is 3.43. The fourth-order valence-electron chi connectivity index (χ4n) is 2.22. The first-order valence-corrected chi connectivity index (χ1v) is 6.78. The number of imidazole rings is 1. The van der Waals surface area contributed by atoms with Crippen LogP contribution in [0.1, 0.15) is 11.3 Å². The van der Waals surface area contributed by atoms with Gasteiger partial charge in [0.05, 0.1) is 5.69 Å². The van der Waals surface area contributed by atoms with Gasteiger partial charge in [0.2, 0.25) is 5.88 Å². The largest absolute Gasteiger partial charge is 0.493 e. The predicted octanol–water partition coefficient (Wildman–Crippen LogP) is 2.45. The Bertz CT molecular complexity index is 828. The Hall–Kier alpha value is -2.08. The van der Waals surface area contributed by atoms with Gasteiger partial charge in [0.25, 0.3) is 0 Å². The minimum absolute atomic E-state index is 0.0538. The minimum atomic E-state index is -0.265. The first kappa shape index (κ1) is 12.9. The van der Waals surface area contributed by atoms with Gasteiger partial charge >= 0.3 is 5.69 Å². The predicted molar refractivity (Wildman–Crippen MR) is 82.5 cm³/mol. The van der Waals surface area contributed by atoms with Crippen molar-refractivity contribution in [3.63, 3.8) is 0 Å². The summed E-state index contributed by atoms with van der Waals surface area (Å²) < 4.78 is 3.57. The van der Waals surface area contributed by atoms with Crippen molar-refractivity contribution in [2.24, 2.45) is 19.1 Å². The highest BCUT2D eigenvalue weighted by molar-refractivity contribution is 9.10. The highest BCUT2D eigenvalue weighted by Gasteiger charge is 2.17. The Kier molecular flexibility index (Phi) is 2.90. The maximum atomic E-state index is 11.8. The van der Waals surface area contributed by atoms with E-state index in [1.165, 1.54) is 16.2 Å². The lowest BCUT2D eigenvalue weighted by Crippen LogP contribution is -2.19. The number of nitrogens with zero attached hydrogens (tertiary/aromatic N) is 3. The normalized spacial score (nSPS) is 15.1. The number of hydrogen-bond donors (Lipinski definition) is 1. The smallest absolute Gasteiger partial charge is 0.330 e. The van der Waals surface area contributed by atoms with Crippen molar-refractivity contribution in [3.05, 3.63) is 44.4 Å². The number of aliphatic imine (C=N–C) groups is 1. The average Bonchev–Trinajstić information content (AvgIpc) is 2.90. The molecule has 0 saturated heterocycles. The highest BCUT2D eigenvalue weighted by Crippen LogP contribution is 2.35. The second-order valence-electron chi connectivity index (χ2n) is 4.63. The molecular formula is C14H12BrN3O2. The summed E-state index contributed by atoms with van der Waals surface area (Å²) in [7, 11) is 3.16. The third kappa shape index (κ3) is 1.84. The Balaban J connectivity index is 2.18. The summed E-state index contributed by atoms with van der Waals surface area (Å²) in [4.78, 5) is 16.1. The van der Waals surface area contributed by atoms with Crippen molar-refractivity contribution in [1.82, 2.24) is 9.13 Å². The van der Waals surface area contributed by atoms with Crippen LogP contribution in [-0.4, -0.2) is 20.5 Å². The van der Waals surface area contributed by atoms with Crippen molar-refractivity contribution in [3.8, 4) is 5.88 Å². The summed E-state index contributed by atoms with van der Waals surface area (Å²) in [6.07, 6.45) is 3.49. The van der Waals surface area contributed by atoms with Crippen molar-refractivity contribution >= 4 is 39.5 Å². The lowest BCUT2D eigenvalue weighted by molar-refractivity contribution is 0.428. The fraction of sp³-hybridized carbons (Fsp3) is 0.143. The molecule has 0 spiro atoms. The van der Waals surface area contributed by atoms with Crippen molar-refractivity contribution in [1.29, 1.82) is 0 Å². The van der Waals surface area contributed by atoms with Gasteiger partial charge in [-0.3, -0.25) is 14.1 Å². The van der Waals surface area contributed by atoms with Crippen LogP contribution in [0.2, 0.25) is 0 Å². The van der Waals surface area contributed by atoms with Crippen LogP contribution < -0.4 is 5.69 Å². The second-order valence-corrected chi connectivity index (χ2v) is 5.54. The lowest BCUT2D eigenvalue weighted by atomic mass is 10.1. The van der Waals surface area contributed by atoms with Crippen LogP contribution in [0.25, 0.3) is 11.6 Å². The summed E-state index contributed by atoms with van der Waals surface area (Å²) in [6, 6.07) is 5.81. The topological polar surface area (TPSA) is 59.5 Å². The quantitative estimate of drug-likeness (QED) is 0.871. The van der Waals surface area contributed by atoms with E-state index >= 15 is 0 Å². The molecule has 1 aromatic carbocycles. The van der Waals surface area contributed by atoms with Crippen LogP contribution in [0.15, 0.2) is 32.5 Å². The van der Waals surface area contributed by atoms with Crippen molar-refractivity contribution in [2.45, 2.75) is 0 Å². The van der Waals surface area contributed by atoms with Crippen molar-refractivity contribution < 1.29 is 5.11 Å².